The Bertz CT molecular complexity index is 1110. The number of anilines is 1. The van der Waals surface area contributed by atoms with Gasteiger partial charge in [0, 0.05) is 61.7 Å². The second-order valence-electron chi connectivity index (χ2n) is 7.76. The summed E-state index contributed by atoms with van der Waals surface area (Å²) in [6, 6.07) is 16.5. The van der Waals surface area contributed by atoms with Crippen LogP contribution in [0, 0.1) is 0 Å². The maximum atomic E-state index is 12.8. The number of H-pyrrole nitrogens is 1. The molecule has 4 rings (SSSR count). The van der Waals surface area contributed by atoms with E-state index in [1.54, 1.807) is 18.7 Å². The maximum Gasteiger partial charge on any atom is 0.242 e. The molecule has 0 spiro atoms. The summed E-state index contributed by atoms with van der Waals surface area (Å²) in [5, 5.41) is 4.32. The summed E-state index contributed by atoms with van der Waals surface area (Å²) in [5.41, 5.74) is 4.59. The number of amides is 1. The molecular weight excluding hydrogens is 374 g/mol. The van der Waals surface area contributed by atoms with E-state index in [0.29, 0.717) is 6.54 Å². The van der Waals surface area contributed by atoms with E-state index < -0.39 is 0 Å². The molecule has 0 unspecified atom stereocenters. The Morgan fingerprint density at radius 1 is 1.17 bits per heavy atom. The fraction of sp³-hybridized carbons (Fsp3) is 0.250. The molecule has 0 aliphatic carbocycles. The number of hydrogen-bond acceptors (Lipinski definition) is 3. The number of benzene rings is 2. The number of para-hydroxylation sites is 1. The van der Waals surface area contributed by atoms with Crippen LogP contribution in [0.1, 0.15) is 30.0 Å². The SMILES string of the molecule is C[C@@H](C(=O)NC[C@H](c1ccc(N(C)C)cc1)c1c[nH]c2ccccc12)n1ccnc1. The lowest BCUT2D eigenvalue weighted by molar-refractivity contribution is -0.123. The molecule has 2 N–H and O–H groups in total. The van der Waals surface area contributed by atoms with Gasteiger partial charge >= 0.3 is 0 Å². The van der Waals surface area contributed by atoms with Crippen LogP contribution in [0.4, 0.5) is 5.69 Å². The van der Waals surface area contributed by atoms with Gasteiger partial charge in [0.25, 0.3) is 0 Å². The number of aromatic amines is 1. The topological polar surface area (TPSA) is 66.0 Å². The number of imidazole rings is 1. The Balaban J connectivity index is 1.62. The van der Waals surface area contributed by atoms with E-state index in [4.69, 9.17) is 0 Å². The molecule has 1 amide bonds. The molecule has 0 bridgehead atoms. The number of carbonyl (C=O) groups excluding carboxylic acids is 1. The van der Waals surface area contributed by atoms with Gasteiger partial charge in [0.05, 0.1) is 6.33 Å². The van der Waals surface area contributed by atoms with Crippen molar-refractivity contribution >= 4 is 22.5 Å². The lowest BCUT2D eigenvalue weighted by Gasteiger charge is -2.21. The first-order valence-corrected chi connectivity index (χ1v) is 10.1. The van der Waals surface area contributed by atoms with Gasteiger partial charge in [0.2, 0.25) is 5.91 Å². The van der Waals surface area contributed by atoms with Gasteiger partial charge in [-0.1, -0.05) is 30.3 Å². The summed E-state index contributed by atoms with van der Waals surface area (Å²) in [6.45, 7) is 2.39. The van der Waals surface area contributed by atoms with Crippen LogP contribution in [0.3, 0.4) is 0 Å². The van der Waals surface area contributed by atoms with Gasteiger partial charge in [-0.05, 0) is 36.2 Å². The quantitative estimate of drug-likeness (QED) is 0.493. The molecular formula is C24H27N5O. The van der Waals surface area contributed by atoms with Crippen LogP contribution < -0.4 is 10.2 Å². The maximum absolute atomic E-state index is 12.8. The fourth-order valence-electron chi connectivity index (χ4n) is 3.78. The van der Waals surface area contributed by atoms with Gasteiger partial charge in [-0.25, -0.2) is 4.98 Å². The van der Waals surface area contributed by atoms with Crippen molar-refractivity contribution < 1.29 is 4.79 Å². The number of fused-ring (bicyclic) bond motifs is 1. The molecule has 2 aromatic carbocycles. The highest BCUT2D eigenvalue weighted by molar-refractivity contribution is 5.84. The summed E-state index contributed by atoms with van der Waals surface area (Å²) in [6.07, 6.45) is 7.22. The molecule has 0 fully saturated rings. The zero-order valence-corrected chi connectivity index (χ0v) is 17.5. The van der Waals surface area contributed by atoms with Gasteiger partial charge in [0.1, 0.15) is 6.04 Å². The lowest BCUT2D eigenvalue weighted by Crippen LogP contribution is -2.34. The van der Waals surface area contributed by atoms with E-state index in [1.807, 2.05) is 37.7 Å². The number of aromatic nitrogens is 3. The largest absolute Gasteiger partial charge is 0.378 e. The molecule has 0 aliphatic heterocycles. The summed E-state index contributed by atoms with van der Waals surface area (Å²) >= 11 is 0. The second kappa shape index (κ2) is 8.45. The van der Waals surface area contributed by atoms with Crippen LogP contribution >= 0.6 is 0 Å². The van der Waals surface area contributed by atoms with Crippen LogP contribution in [0.25, 0.3) is 10.9 Å². The number of nitrogens with one attached hydrogen (secondary N) is 2. The van der Waals surface area contributed by atoms with Gasteiger partial charge in [-0.15, -0.1) is 0 Å². The third-order valence-electron chi connectivity index (χ3n) is 5.64. The molecule has 154 valence electrons. The highest BCUT2D eigenvalue weighted by atomic mass is 16.2. The van der Waals surface area contributed by atoms with E-state index in [9.17, 15) is 4.79 Å². The Labute approximate surface area is 176 Å². The van der Waals surface area contributed by atoms with E-state index in [2.05, 4.69) is 62.8 Å². The van der Waals surface area contributed by atoms with Crippen LogP contribution in [0.5, 0.6) is 0 Å². The normalized spacial score (nSPS) is 13.2. The van der Waals surface area contributed by atoms with Crippen LogP contribution in [0.15, 0.2) is 73.4 Å². The third kappa shape index (κ3) is 3.94. The zero-order chi connectivity index (χ0) is 21.1. The Morgan fingerprint density at radius 3 is 2.63 bits per heavy atom. The van der Waals surface area contributed by atoms with Crippen molar-refractivity contribution in [1.29, 1.82) is 0 Å². The predicted molar refractivity (Wildman–Crippen MR) is 121 cm³/mol. The van der Waals surface area contributed by atoms with E-state index >= 15 is 0 Å². The molecule has 0 radical (unpaired) electrons. The Hall–Kier alpha value is -3.54. The average Bonchev–Trinajstić information content (AvgIpc) is 3.44. The van der Waals surface area contributed by atoms with Crippen molar-refractivity contribution in [2.75, 3.05) is 25.5 Å². The van der Waals surface area contributed by atoms with Gasteiger partial charge < -0.3 is 19.8 Å². The molecule has 2 heterocycles. The molecule has 0 aliphatic rings. The van der Waals surface area contributed by atoms with Crippen molar-refractivity contribution in [2.24, 2.45) is 0 Å². The summed E-state index contributed by atoms with van der Waals surface area (Å²) in [7, 11) is 4.06. The van der Waals surface area contributed by atoms with Crippen molar-refractivity contribution in [1.82, 2.24) is 19.9 Å². The minimum absolute atomic E-state index is 0.0252. The minimum Gasteiger partial charge on any atom is -0.378 e. The summed E-state index contributed by atoms with van der Waals surface area (Å²) in [4.78, 5) is 22.3. The predicted octanol–water partition coefficient (Wildman–Crippen LogP) is 3.94. The van der Waals surface area contributed by atoms with Gasteiger partial charge in [-0.3, -0.25) is 4.79 Å². The standard InChI is InChI=1S/C24H27N5O/c1-17(29-13-12-25-16-29)24(30)27-14-21(18-8-10-19(11-9-18)28(2)3)22-15-26-23-7-5-4-6-20(22)23/h4-13,15-17,21,26H,14H2,1-3H3,(H,27,30)/t17-,21+/m0/s1. The molecule has 30 heavy (non-hydrogen) atoms. The molecule has 0 saturated carbocycles. The second-order valence-corrected chi connectivity index (χ2v) is 7.76. The zero-order valence-electron chi connectivity index (χ0n) is 17.5. The van der Waals surface area contributed by atoms with Gasteiger partial charge in [0.15, 0.2) is 0 Å². The number of rotatable bonds is 7. The van der Waals surface area contributed by atoms with E-state index in [-0.39, 0.29) is 17.9 Å². The van der Waals surface area contributed by atoms with Crippen LogP contribution in [-0.4, -0.2) is 41.1 Å². The highest BCUT2D eigenvalue weighted by Gasteiger charge is 2.21. The number of hydrogen-bond donors (Lipinski definition) is 2. The fourth-order valence-corrected chi connectivity index (χ4v) is 3.78. The van der Waals surface area contributed by atoms with E-state index in [1.165, 1.54) is 16.5 Å². The van der Waals surface area contributed by atoms with Gasteiger partial charge in [-0.2, -0.15) is 0 Å². The minimum atomic E-state index is -0.313. The summed E-state index contributed by atoms with van der Waals surface area (Å²) < 4.78 is 1.81. The lowest BCUT2D eigenvalue weighted by atomic mass is 9.90. The summed E-state index contributed by atoms with van der Waals surface area (Å²) in [5.74, 6) is 0.0130. The van der Waals surface area contributed by atoms with Crippen LogP contribution in [-0.2, 0) is 4.79 Å². The molecule has 2 aromatic heterocycles. The van der Waals surface area contributed by atoms with Crippen LogP contribution in [0.2, 0.25) is 0 Å². The molecule has 0 saturated heterocycles. The highest BCUT2D eigenvalue weighted by Crippen LogP contribution is 2.31. The smallest absolute Gasteiger partial charge is 0.242 e. The third-order valence-corrected chi connectivity index (χ3v) is 5.64. The molecule has 6 heteroatoms. The Kier molecular flexibility index (Phi) is 5.57. The van der Waals surface area contributed by atoms with Crippen molar-refractivity contribution in [3.63, 3.8) is 0 Å². The van der Waals surface area contributed by atoms with Crippen molar-refractivity contribution in [3.8, 4) is 0 Å². The average molecular weight is 402 g/mol. The molecule has 4 aromatic rings. The number of nitrogens with zero attached hydrogens (tertiary/aromatic N) is 3. The van der Waals surface area contributed by atoms with E-state index in [0.717, 1.165) is 11.2 Å². The molecule has 6 nitrogen and oxygen atoms in total. The Morgan fingerprint density at radius 2 is 1.93 bits per heavy atom. The first-order valence-electron chi connectivity index (χ1n) is 10.1. The van der Waals surface area contributed by atoms with Crippen molar-refractivity contribution in [2.45, 2.75) is 18.9 Å². The molecule has 2 atom stereocenters. The first kappa shape index (κ1) is 19.8. The first-order chi connectivity index (χ1) is 14.5. The number of carbonyl (C=O) groups is 1. The monoisotopic (exact) mass is 401 g/mol. The van der Waals surface area contributed by atoms with Crippen molar-refractivity contribution in [3.05, 3.63) is 84.6 Å².